The maximum Gasteiger partial charge on any atom is 0.303 e. The van der Waals surface area contributed by atoms with Gasteiger partial charge in [-0.25, -0.2) is 0 Å². The molecule has 0 fully saturated rings. The predicted molar refractivity (Wildman–Crippen MR) is 220 cm³/mol. The highest BCUT2D eigenvalue weighted by molar-refractivity contribution is 5.85. The van der Waals surface area contributed by atoms with Crippen LogP contribution >= 0.6 is 0 Å². The van der Waals surface area contributed by atoms with Gasteiger partial charge < -0.3 is 56.0 Å². The molecule has 1 aliphatic rings. The van der Waals surface area contributed by atoms with E-state index in [0.717, 1.165) is 63.6 Å². The van der Waals surface area contributed by atoms with Gasteiger partial charge in [0.2, 0.25) is 29.5 Å². The molecule has 17 nitrogen and oxygen atoms in total. The summed E-state index contributed by atoms with van der Waals surface area (Å²) in [5, 5.41) is 25.1. The van der Waals surface area contributed by atoms with Crippen molar-refractivity contribution in [2.24, 2.45) is 0 Å². The number of hydrogen-bond donors (Lipinski definition) is 7. The van der Waals surface area contributed by atoms with Crippen molar-refractivity contribution >= 4 is 35.5 Å². The van der Waals surface area contributed by atoms with E-state index < -0.39 is 11.9 Å². The third-order valence-corrected chi connectivity index (χ3v) is 9.24. The van der Waals surface area contributed by atoms with Gasteiger partial charge in [0.1, 0.15) is 13.2 Å². The normalized spacial score (nSPS) is 12.0. The van der Waals surface area contributed by atoms with Crippen LogP contribution in [0.15, 0.2) is 11.3 Å². The molecular weight excluding hydrogens is 752 g/mol. The average Bonchev–Trinajstić information content (AvgIpc) is 3.19. The van der Waals surface area contributed by atoms with Crippen LogP contribution in [0.4, 0.5) is 0 Å². The molecule has 0 saturated heterocycles. The summed E-state index contributed by atoms with van der Waals surface area (Å²) in [6.07, 6.45) is 18.5. The van der Waals surface area contributed by atoms with Crippen molar-refractivity contribution in [1.82, 2.24) is 31.9 Å². The molecule has 0 radical (unpaired) electrons. The smallest absolute Gasteiger partial charge is 0.303 e. The predicted octanol–water partition coefficient (Wildman–Crippen LogP) is 2.62. The molecule has 1 aliphatic heterocycles. The number of rotatable bonds is 41. The van der Waals surface area contributed by atoms with E-state index in [4.69, 9.17) is 24.1 Å². The summed E-state index contributed by atoms with van der Waals surface area (Å²) in [7, 11) is 0. The first-order valence-electron chi connectivity index (χ1n) is 21.5. The van der Waals surface area contributed by atoms with E-state index in [1.807, 2.05) is 0 Å². The van der Waals surface area contributed by atoms with E-state index in [1.54, 1.807) is 0 Å². The zero-order valence-electron chi connectivity index (χ0n) is 35.2. The molecule has 0 aliphatic carbocycles. The monoisotopic (exact) mass is 827 g/mol. The van der Waals surface area contributed by atoms with Crippen LogP contribution in [0.25, 0.3) is 0 Å². The first-order valence-corrected chi connectivity index (χ1v) is 21.5. The second-order valence-electron chi connectivity index (χ2n) is 14.4. The second kappa shape index (κ2) is 37.5. The summed E-state index contributed by atoms with van der Waals surface area (Å²) < 4.78 is 21.3. The number of unbranched alkanes of at least 4 members (excludes halogenated alkanes) is 13. The number of ether oxygens (including phenoxy) is 4. The molecule has 1 heterocycles. The van der Waals surface area contributed by atoms with Gasteiger partial charge in [0.25, 0.3) is 0 Å². The maximum atomic E-state index is 12.0. The zero-order chi connectivity index (χ0) is 42.3. The molecule has 17 heteroatoms. The molecule has 0 saturated carbocycles. The van der Waals surface area contributed by atoms with E-state index in [0.29, 0.717) is 19.5 Å². The van der Waals surface area contributed by atoms with Crippen LogP contribution in [0.5, 0.6) is 0 Å². The van der Waals surface area contributed by atoms with Crippen molar-refractivity contribution in [3.63, 3.8) is 0 Å². The Morgan fingerprint density at radius 3 is 1.43 bits per heavy atom. The van der Waals surface area contributed by atoms with Crippen molar-refractivity contribution < 1.29 is 52.8 Å². The minimum Gasteiger partial charge on any atom is -0.481 e. The van der Waals surface area contributed by atoms with Gasteiger partial charge >= 0.3 is 5.97 Å². The van der Waals surface area contributed by atoms with E-state index in [-0.39, 0.29) is 103 Å². The lowest BCUT2D eigenvalue weighted by atomic mass is 10.0. The molecule has 0 spiro atoms. The van der Waals surface area contributed by atoms with E-state index in [1.165, 1.54) is 56.9 Å². The first kappa shape index (κ1) is 52.2. The van der Waals surface area contributed by atoms with Crippen LogP contribution in [0.3, 0.4) is 0 Å². The Morgan fingerprint density at radius 1 is 0.517 bits per heavy atom. The van der Waals surface area contributed by atoms with Crippen molar-refractivity contribution in [3.05, 3.63) is 11.3 Å². The molecule has 0 aromatic heterocycles. The molecule has 0 aromatic rings. The Morgan fingerprint density at radius 2 is 0.948 bits per heavy atom. The summed E-state index contributed by atoms with van der Waals surface area (Å²) in [4.78, 5) is 70.2. The van der Waals surface area contributed by atoms with Gasteiger partial charge in [-0.1, -0.05) is 90.4 Å². The maximum absolute atomic E-state index is 12.0. The molecule has 334 valence electrons. The van der Waals surface area contributed by atoms with Gasteiger partial charge in [-0.05, 0) is 24.8 Å². The quantitative estimate of drug-likeness (QED) is 0.0442. The molecule has 7 N–H and O–H groups in total. The van der Waals surface area contributed by atoms with Crippen LogP contribution < -0.4 is 31.9 Å². The molecule has 1 rings (SSSR count). The minimum atomic E-state index is -0.701. The highest BCUT2D eigenvalue weighted by Crippen LogP contribution is 2.16. The van der Waals surface area contributed by atoms with Crippen LogP contribution in [0.1, 0.15) is 122 Å². The summed E-state index contributed by atoms with van der Waals surface area (Å²) >= 11 is 0. The molecule has 5 amide bonds. The Balaban J connectivity index is 1.79. The number of carbonyl (C=O) groups excluding carboxylic acids is 5. The zero-order valence-corrected chi connectivity index (χ0v) is 35.2. The van der Waals surface area contributed by atoms with Gasteiger partial charge in [-0.3, -0.25) is 28.8 Å². The fraction of sp³-hybridized carbons (Fsp3) is 0.805. The van der Waals surface area contributed by atoms with E-state index >= 15 is 0 Å². The van der Waals surface area contributed by atoms with Crippen molar-refractivity contribution in [3.8, 4) is 0 Å². The summed E-state index contributed by atoms with van der Waals surface area (Å²) in [6, 6.07) is 0. The fourth-order valence-corrected chi connectivity index (χ4v) is 5.90. The van der Waals surface area contributed by atoms with Crippen LogP contribution in [-0.4, -0.2) is 133 Å². The molecule has 0 bridgehead atoms. The van der Waals surface area contributed by atoms with Crippen molar-refractivity contribution in [2.75, 3.05) is 92.1 Å². The second-order valence-corrected chi connectivity index (χ2v) is 14.4. The van der Waals surface area contributed by atoms with Crippen molar-refractivity contribution in [1.29, 1.82) is 0 Å². The highest BCUT2D eigenvalue weighted by Gasteiger charge is 2.16. The molecular formula is C41H74N6O11. The van der Waals surface area contributed by atoms with E-state index in [9.17, 15) is 28.8 Å². The Labute approximate surface area is 345 Å². The van der Waals surface area contributed by atoms with Crippen LogP contribution in [-0.2, 0) is 47.7 Å². The van der Waals surface area contributed by atoms with E-state index in [2.05, 4.69) is 38.8 Å². The molecule has 0 unspecified atom stereocenters. The van der Waals surface area contributed by atoms with Crippen LogP contribution in [0.2, 0.25) is 0 Å². The van der Waals surface area contributed by atoms with Gasteiger partial charge in [0.05, 0.1) is 59.3 Å². The number of aliphatic carboxylic acids is 1. The summed E-state index contributed by atoms with van der Waals surface area (Å²) in [6.45, 7) is 4.88. The lowest BCUT2D eigenvalue weighted by molar-refractivity contribution is -0.137. The summed E-state index contributed by atoms with van der Waals surface area (Å²) in [5.41, 5.74) is 2.38. The number of carboxylic acid groups (broad SMARTS) is 1. The number of carboxylic acids is 1. The summed E-state index contributed by atoms with van der Waals surface area (Å²) in [5.74, 6) is -2.08. The standard InChI is InChI=1S/C41H74N6O11/c1-2-17-34-28-44-35(34)29-45-38(50)31-47-40(52)33-58-27-25-56-23-21-43-39(51)32-57-26-24-55-22-20-42-37(49)30-46-36(48)18-15-13-11-9-7-5-3-4-6-8-10-12-14-16-19-41(53)54/h44H,2-33H2,1H3,(H,42,49)(H,43,51)(H,45,50)(H,46,48)(H,47,52)(H,53,54). The van der Waals surface area contributed by atoms with Gasteiger partial charge in [-0.15, -0.1) is 0 Å². The first-order chi connectivity index (χ1) is 28.2. The van der Waals surface area contributed by atoms with Crippen molar-refractivity contribution in [2.45, 2.75) is 122 Å². The number of nitrogens with one attached hydrogen (secondary N) is 6. The Bertz CT molecular complexity index is 1190. The van der Waals surface area contributed by atoms with Gasteiger partial charge in [0, 0.05) is 38.2 Å². The molecule has 58 heavy (non-hydrogen) atoms. The van der Waals surface area contributed by atoms with Crippen LogP contribution in [0, 0.1) is 0 Å². The third-order valence-electron chi connectivity index (χ3n) is 9.24. The largest absolute Gasteiger partial charge is 0.481 e. The fourth-order valence-electron chi connectivity index (χ4n) is 5.90. The number of carbonyl (C=O) groups is 6. The number of amides is 5. The lowest BCUT2D eigenvalue weighted by Gasteiger charge is -2.26. The Kier molecular flexibility index (Phi) is 33.7. The highest BCUT2D eigenvalue weighted by atomic mass is 16.5. The Hall–Kier alpha value is -3.80. The molecule has 0 atom stereocenters. The minimum absolute atomic E-state index is 0.0702. The molecule has 0 aromatic carbocycles. The average molecular weight is 827 g/mol. The van der Waals surface area contributed by atoms with Gasteiger partial charge in [0.15, 0.2) is 0 Å². The third kappa shape index (κ3) is 33.2. The lowest BCUT2D eigenvalue weighted by Crippen LogP contribution is -2.43. The van der Waals surface area contributed by atoms with Gasteiger partial charge in [-0.2, -0.15) is 0 Å². The SMILES string of the molecule is CCCC1=C(CNC(=O)CNC(=O)COCCOCCNC(=O)COCCOCCNC(=O)CNC(=O)CCCCCCCCCCCCCCCCC(=O)O)NC1. The topological polar surface area (TPSA) is 232 Å². The number of hydrogen-bond acceptors (Lipinski definition) is 11.